The first-order valence-electron chi connectivity index (χ1n) is 10.9. The van der Waals surface area contributed by atoms with Gasteiger partial charge in [0.2, 0.25) is 5.91 Å². The maximum absolute atomic E-state index is 13.2. The molecular formula is C26H23F2N3O5. The number of carbonyl (C=O) groups is 4. The van der Waals surface area contributed by atoms with Crippen LogP contribution in [0, 0.1) is 11.6 Å². The van der Waals surface area contributed by atoms with Crippen molar-refractivity contribution in [3.8, 4) is 0 Å². The quantitative estimate of drug-likeness (QED) is 0.374. The Hall–Kier alpha value is -4.60. The molecule has 0 saturated carbocycles. The van der Waals surface area contributed by atoms with Crippen LogP contribution in [0.4, 0.5) is 14.5 Å². The van der Waals surface area contributed by atoms with Crippen LogP contribution in [-0.2, 0) is 19.1 Å². The van der Waals surface area contributed by atoms with Gasteiger partial charge in [-0.2, -0.15) is 0 Å². The summed E-state index contributed by atoms with van der Waals surface area (Å²) in [7, 11) is 0. The number of hydrogen-bond donors (Lipinski definition) is 3. The van der Waals surface area contributed by atoms with Gasteiger partial charge in [0.25, 0.3) is 11.8 Å². The molecule has 0 radical (unpaired) electrons. The van der Waals surface area contributed by atoms with E-state index in [0.29, 0.717) is 11.1 Å². The van der Waals surface area contributed by atoms with E-state index in [2.05, 4.69) is 16.0 Å². The number of rotatable bonds is 10. The molecule has 1 atom stereocenters. The molecule has 0 heterocycles. The highest BCUT2D eigenvalue weighted by Crippen LogP contribution is 2.18. The second-order valence-electron chi connectivity index (χ2n) is 7.62. The topological polar surface area (TPSA) is 114 Å². The lowest BCUT2D eigenvalue weighted by atomic mass is 10.0. The Morgan fingerprint density at radius 2 is 1.47 bits per heavy atom. The van der Waals surface area contributed by atoms with Crippen LogP contribution in [-0.4, -0.2) is 36.8 Å². The molecule has 3 aromatic rings. The van der Waals surface area contributed by atoms with Crippen LogP contribution in [0.3, 0.4) is 0 Å². The average molecular weight is 495 g/mol. The molecule has 0 spiro atoms. The van der Waals surface area contributed by atoms with E-state index in [1.54, 1.807) is 60.7 Å². The molecule has 3 aromatic carbocycles. The summed E-state index contributed by atoms with van der Waals surface area (Å²) in [5, 5.41) is 7.35. The Balaban J connectivity index is 1.48. The SMILES string of the molecule is O=C(COC(=O)CC(NC(=O)c1ccccc1)c1ccccc1)NCC(=O)Nc1ccc(F)c(F)c1. The van der Waals surface area contributed by atoms with E-state index < -0.39 is 48.6 Å². The number of esters is 1. The van der Waals surface area contributed by atoms with Crippen molar-refractivity contribution in [2.45, 2.75) is 12.5 Å². The highest BCUT2D eigenvalue weighted by Gasteiger charge is 2.21. The molecule has 3 N–H and O–H groups in total. The standard InChI is InChI=1S/C26H23F2N3O5/c27-20-12-11-19(13-21(20)28)30-23(32)15-29-24(33)16-36-25(34)14-22(17-7-3-1-4-8-17)31-26(35)18-9-5-2-6-10-18/h1-13,22H,14-16H2,(H,29,33)(H,30,32)(H,31,35). The van der Waals surface area contributed by atoms with Crippen molar-refractivity contribution in [2.75, 3.05) is 18.5 Å². The van der Waals surface area contributed by atoms with Crippen molar-refractivity contribution >= 4 is 29.4 Å². The van der Waals surface area contributed by atoms with Crippen molar-refractivity contribution in [3.05, 3.63) is 102 Å². The largest absolute Gasteiger partial charge is 0.456 e. The zero-order chi connectivity index (χ0) is 25.9. The lowest BCUT2D eigenvalue weighted by Crippen LogP contribution is -2.36. The molecule has 0 saturated heterocycles. The molecule has 0 aliphatic carbocycles. The molecular weight excluding hydrogens is 472 g/mol. The van der Waals surface area contributed by atoms with Crippen LogP contribution in [0.25, 0.3) is 0 Å². The molecule has 0 aliphatic rings. The maximum atomic E-state index is 13.2. The van der Waals surface area contributed by atoms with E-state index in [4.69, 9.17) is 4.74 Å². The van der Waals surface area contributed by atoms with Gasteiger partial charge in [0, 0.05) is 17.3 Å². The molecule has 1 unspecified atom stereocenters. The Labute approximate surface area is 205 Å². The molecule has 0 bridgehead atoms. The van der Waals surface area contributed by atoms with Crippen molar-refractivity contribution in [1.82, 2.24) is 10.6 Å². The van der Waals surface area contributed by atoms with Crippen LogP contribution in [0.5, 0.6) is 0 Å². The summed E-state index contributed by atoms with van der Waals surface area (Å²) >= 11 is 0. The van der Waals surface area contributed by atoms with E-state index in [-0.39, 0.29) is 18.0 Å². The third-order valence-electron chi connectivity index (χ3n) is 4.93. The Kier molecular flexibility index (Phi) is 9.21. The van der Waals surface area contributed by atoms with Gasteiger partial charge in [0.1, 0.15) is 0 Å². The van der Waals surface area contributed by atoms with Gasteiger partial charge in [0.05, 0.1) is 19.0 Å². The molecule has 186 valence electrons. The third kappa shape index (κ3) is 8.01. The van der Waals surface area contributed by atoms with E-state index in [1.165, 1.54) is 6.07 Å². The molecule has 3 amide bonds. The van der Waals surface area contributed by atoms with Crippen molar-refractivity contribution < 1.29 is 32.7 Å². The van der Waals surface area contributed by atoms with Crippen molar-refractivity contribution in [3.63, 3.8) is 0 Å². The summed E-state index contributed by atoms with van der Waals surface area (Å²) < 4.78 is 31.2. The van der Waals surface area contributed by atoms with Gasteiger partial charge in [-0.05, 0) is 29.8 Å². The van der Waals surface area contributed by atoms with E-state index in [1.807, 2.05) is 0 Å². The molecule has 3 rings (SSSR count). The van der Waals surface area contributed by atoms with Crippen LogP contribution in [0.2, 0.25) is 0 Å². The molecule has 0 aliphatic heterocycles. The zero-order valence-electron chi connectivity index (χ0n) is 19.0. The summed E-state index contributed by atoms with van der Waals surface area (Å²) in [6.45, 7) is -1.12. The lowest BCUT2D eigenvalue weighted by Gasteiger charge is -2.18. The monoisotopic (exact) mass is 495 g/mol. The number of anilines is 1. The number of carbonyl (C=O) groups excluding carboxylic acids is 4. The van der Waals surface area contributed by atoms with Gasteiger partial charge in [-0.3, -0.25) is 19.2 Å². The predicted molar refractivity (Wildman–Crippen MR) is 127 cm³/mol. The fraction of sp³-hybridized carbons (Fsp3) is 0.154. The number of hydrogen-bond acceptors (Lipinski definition) is 5. The number of benzene rings is 3. The normalized spacial score (nSPS) is 11.2. The first-order chi connectivity index (χ1) is 17.3. The Morgan fingerprint density at radius 1 is 0.806 bits per heavy atom. The van der Waals surface area contributed by atoms with E-state index in [9.17, 15) is 28.0 Å². The summed E-state index contributed by atoms with van der Waals surface area (Å²) in [6.07, 6.45) is -0.230. The van der Waals surface area contributed by atoms with Gasteiger partial charge < -0.3 is 20.7 Å². The first-order valence-corrected chi connectivity index (χ1v) is 10.9. The highest BCUT2D eigenvalue weighted by atomic mass is 19.2. The minimum absolute atomic E-state index is 0.0177. The number of halogens is 2. The third-order valence-corrected chi connectivity index (χ3v) is 4.93. The predicted octanol–water partition coefficient (Wildman–Crippen LogP) is 3.12. The van der Waals surface area contributed by atoms with Gasteiger partial charge >= 0.3 is 5.97 Å². The molecule has 8 nitrogen and oxygen atoms in total. The minimum Gasteiger partial charge on any atom is -0.456 e. The Morgan fingerprint density at radius 3 is 2.14 bits per heavy atom. The molecule has 0 aromatic heterocycles. The van der Waals surface area contributed by atoms with Gasteiger partial charge in [-0.1, -0.05) is 48.5 Å². The highest BCUT2D eigenvalue weighted by molar-refractivity contribution is 5.95. The number of amides is 3. The minimum atomic E-state index is -1.13. The van der Waals surface area contributed by atoms with Crippen molar-refractivity contribution in [1.29, 1.82) is 0 Å². The average Bonchev–Trinajstić information content (AvgIpc) is 2.89. The lowest BCUT2D eigenvalue weighted by molar-refractivity contribution is -0.149. The molecule has 0 fully saturated rings. The second kappa shape index (κ2) is 12.7. The summed E-state index contributed by atoms with van der Waals surface area (Å²) in [6, 6.07) is 19.5. The molecule has 36 heavy (non-hydrogen) atoms. The summed E-state index contributed by atoms with van der Waals surface area (Å²) in [4.78, 5) is 48.8. The van der Waals surface area contributed by atoms with E-state index in [0.717, 1.165) is 12.1 Å². The fourth-order valence-corrected chi connectivity index (χ4v) is 3.15. The maximum Gasteiger partial charge on any atom is 0.308 e. The van der Waals surface area contributed by atoms with Crippen molar-refractivity contribution in [2.24, 2.45) is 0 Å². The van der Waals surface area contributed by atoms with Crippen LogP contribution in [0.15, 0.2) is 78.9 Å². The van der Waals surface area contributed by atoms with Crippen LogP contribution < -0.4 is 16.0 Å². The van der Waals surface area contributed by atoms with E-state index >= 15 is 0 Å². The van der Waals surface area contributed by atoms with Gasteiger partial charge in [-0.15, -0.1) is 0 Å². The first kappa shape index (κ1) is 26.0. The molecule has 10 heteroatoms. The van der Waals surface area contributed by atoms with Crippen LogP contribution in [0.1, 0.15) is 28.4 Å². The number of ether oxygens (including phenoxy) is 1. The smallest absolute Gasteiger partial charge is 0.308 e. The van der Waals surface area contributed by atoms with Gasteiger partial charge in [0.15, 0.2) is 18.2 Å². The zero-order valence-corrected chi connectivity index (χ0v) is 19.0. The summed E-state index contributed by atoms with van der Waals surface area (Å²) in [5.41, 5.74) is 1.12. The van der Waals surface area contributed by atoms with Crippen LogP contribution >= 0.6 is 0 Å². The number of nitrogens with one attached hydrogen (secondary N) is 3. The summed E-state index contributed by atoms with van der Waals surface area (Å²) in [5.74, 6) is -4.72. The fourth-order valence-electron chi connectivity index (χ4n) is 3.15. The second-order valence-corrected chi connectivity index (χ2v) is 7.62. The van der Waals surface area contributed by atoms with Gasteiger partial charge in [-0.25, -0.2) is 8.78 Å². The Bertz CT molecular complexity index is 1220.